The van der Waals surface area contributed by atoms with Crippen LogP contribution < -0.4 is 5.32 Å². The van der Waals surface area contributed by atoms with Gasteiger partial charge in [-0.05, 0) is 6.07 Å². The number of aryl methyl sites for hydroxylation is 1. The van der Waals surface area contributed by atoms with Crippen LogP contribution in [0, 0.1) is 0 Å². The zero-order valence-electron chi connectivity index (χ0n) is 10.5. The second-order valence-electron chi connectivity index (χ2n) is 4.32. The number of fused-ring (bicyclic) bond motifs is 1. The Hall–Kier alpha value is -1.36. The highest BCUT2D eigenvalue weighted by molar-refractivity contribution is 5.82. The van der Waals surface area contributed by atoms with Crippen LogP contribution in [0.1, 0.15) is 18.2 Å². The van der Waals surface area contributed by atoms with Gasteiger partial charge in [-0.25, -0.2) is 0 Å². The molecule has 0 amide bonds. The molecule has 0 radical (unpaired) electrons. The predicted molar refractivity (Wildman–Crippen MR) is 70.4 cm³/mol. The molecule has 2 rings (SSSR count). The molecule has 1 unspecified atom stereocenters. The summed E-state index contributed by atoms with van der Waals surface area (Å²) in [4.78, 5) is 0. The number of nitrogens with one attached hydrogen (secondary N) is 1. The average molecular weight is 249 g/mol. The van der Waals surface area contributed by atoms with Crippen LogP contribution in [0.25, 0.3) is 11.0 Å². The van der Waals surface area contributed by atoms with Gasteiger partial charge in [0.25, 0.3) is 0 Å². The van der Waals surface area contributed by atoms with E-state index in [1.54, 1.807) is 0 Å². The van der Waals surface area contributed by atoms with Crippen LogP contribution in [0.15, 0.2) is 28.7 Å². The van der Waals surface area contributed by atoms with Crippen molar-refractivity contribution in [3.63, 3.8) is 0 Å². The first-order valence-corrected chi connectivity index (χ1v) is 6.25. The van der Waals surface area contributed by atoms with E-state index in [2.05, 4.69) is 12.2 Å². The molecule has 0 spiro atoms. The molecule has 18 heavy (non-hydrogen) atoms. The fourth-order valence-corrected chi connectivity index (χ4v) is 2.06. The van der Waals surface area contributed by atoms with E-state index in [4.69, 9.17) is 9.52 Å². The maximum absolute atomic E-state index is 9.29. The van der Waals surface area contributed by atoms with Gasteiger partial charge < -0.3 is 19.9 Å². The van der Waals surface area contributed by atoms with Gasteiger partial charge in [-0.3, -0.25) is 0 Å². The minimum absolute atomic E-state index is 0.222. The van der Waals surface area contributed by atoms with Crippen LogP contribution in [0.4, 0.5) is 0 Å². The molecule has 0 aliphatic carbocycles. The maximum atomic E-state index is 9.29. The van der Waals surface area contributed by atoms with E-state index < -0.39 is 6.10 Å². The molecule has 0 saturated heterocycles. The zero-order chi connectivity index (χ0) is 13.0. The average Bonchev–Trinajstić information content (AvgIpc) is 2.77. The Morgan fingerprint density at radius 2 is 2.11 bits per heavy atom. The number of rotatable bonds is 6. The van der Waals surface area contributed by atoms with Gasteiger partial charge in [0, 0.05) is 30.5 Å². The third kappa shape index (κ3) is 2.72. The van der Waals surface area contributed by atoms with Crippen molar-refractivity contribution in [2.75, 3.05) is 13.2 Å². The van der Waals surface area contributed by atoms with Gasteiger partial charge in [0.05, 0.1) is 12.7 Å². The minimum Gasteiger partial charge on any atom is -0.461 e. The molecule has 0 bridgehead atoms. The molecule has 98 valence electrons. The minimum atomic E-state index is -0.715. The summed E-state index contributed by atoms with van der Waals surface area (Å²) in [5.41, 5.74) is 2.03. The summed E-state index contributed by atoms with van der Waals surface area (Å²) in [6.45, 7) is 2.85. The summed E-state index contributed by atoms with van der Waals surface area (Å²) in [6.07, 6.45) is 0.127. The van der Waals surface area contributed by atoms with Gasteiger partial charge in [-0.1, -0.05) is 25.1 Å². The Labute approximate surface area is 106 Å². The molecule has 1 aromatic heterocycles. The Morgan fingerprint density at radius 3 is 2.83 bits per heavy atom. The van der Waals surface area contributed by atoms with E-state index in [1.165, 1.54) is 0 Å². The Balaban J connectivity index is 2.15. The van der Waals surface area contributed by atoms with Gasteiger partial charge in [-0.15, -0.1) is 0 Å². The Kier molecular flexibility index (Phi) is 4.36. The third-order valence-electron chi connectivity index (χ3n) is 3.00. The van der Waals surface area contributed by atoms with E-state index >= 15 is 0 Å². The number of hydrogen-bond acceptors (Lipinski definition) is 4. The molecule has 2 aromatic rings. The predicted octanol–water partition coefficient (Wildman–Crippen LogP) is 1.44. The fourth-order valence-electron chi connectivity index (χ4n) is 2.06. The highest BCUT2D eigenvalue weighted by Gasteiger charge is 2.12. The van der Waals surface area contributed by atoms with Crippen LogP contribution >= 0.6 is 0 Å². The molecule has 0 aliphatic heterocycles. The SMILES string of the molecule is CCc1oc2ccccc2c1CNCC(O)CO. The van der Waals surface area contributed by atoms with Crippen LogP contribution in [0.5, 0.6) is 0 Å². The summed E-state index contributed by atoms with van der Waals surface area (Å²) >= 11 is 0. The van der Waals surface area contributed by atoms with E-state index in [0.717, 1.165) is 28.7 Å². The van der Waals surface area contributed by atoms with E-state index in [-0.39, 0.29) is 6.61 Å². The molecule has 0 saturated carbocycles. The van der Waals surface area contributed by atoms with Crippen LogP contribution in [0.2, 0.25) is 0 Å². The second-order valence-corrected chi connectivity index (χ2v) is 4.32. The van der Waals surface area contributed by atoms with Crippen molar-refractivity contribution in [1.29, 1.82) is 0 Å². The lowest BCUT2D eigenvalue weighted by atomic mass is 10.1. The summed E-state index contributed by atoms with van der Waals surface area (Å²) < 4.78 is 5.78. The van der Waals surface area contributed by atoms with E-state index in [0.29, 0.717) is 13.1 Å². The van der Waals surface area contributed by atoms with Crippen molar-refractivity contribution in [3.8, 4) is 0 Å². The van der Waals surface area contributed by atoms with Crippen LogP contribution in [-0.2, 0) is 13.0 Å². The monoisotopic (exact) mass is 249 g/mol. The summed E-state index contributed by atoms with van der Waals surface area (Å²) in [6, 6.07) is 7.94. The van der Waals surface area contributed by atoms with Crippen LogP contribution in [0.3, 0.4) is 0 Å². The number of aliphatic hydroxyl groups excluding tert-OH is 2. The first-order valence-electron chi connectivity index (χ1n) is 6.25. The van der Waals surface area contributed by atoms with Crippen molar-refractivity contribution in [2.24, 2.45) is 0 Å². The smallest absolute Gasteiger partial charge is 0.134 e. The first kappa shape index (κ1) is 13.1. The summed E-state index contributed by atoms with van der Waals surface area (Å²) in [5.74, 6) is 0.974. The molecule has 3 N–H and O–H groups in total. The molecule has 0 fully saturated rings. The molecule has 0 aliphatic rings. The standard InChI is InChI=1S/C14H19NO3/c1-2-13-12(8-15-7-10(17)9-16)11-5-3-4-6-14(11)18-13/h3-6,10,15-17H,2,7-9H2,1H3. The zero-order valence-corrected chi connectivity index (χ0v) is 10.5. The van der Waals surface area contributed by atoms with Gasteiger partial charge in [0.1, 0.15) is 11.3 Å². The van der Waals surface area contributed by atoms with Gasteiger partial charge in [-0.2, -0.15) is 0 Å². The molecular formula is C14H19NO3. The molecule has 1 atom stereocenters. The summed E-state index contributed by atoms with van der Waals surface area (Å²) in [5, 5.41) is 22.3. The van der Waals surface area contributed by atoms with Gasteiger partial charge >= 0.3 is 0 Å². The largest absolute Gasteiger partial charge is 0.461 e. The van der Waals surface area contributed by atoms with Crippen molar-refractivity contribution < 1.29 is 14.6 Å². The first-order chi connectivity index (χ1) is 8.76. The van der Waals surface area contributed by atoms with Gasteiger partial charge in [0.15, 0.2) is 0 Å². The lowest BCUT2D eigenvalue weighted by Crippen LogP contribution is -2.29. The number of para-hydroxylation sites is 1. The fraction of sp³-hybridized carbons (Fsp3) is 0.429. The summed E-state index contributed by atoms with van der Waals surface area (Å²) in [7, 11) is 0. The number of benzene rings is 1. The van der Waals surface area contributed by atoms with Crippen molar-refractivity contribution >= 4 is 11.0 Å². The topological polar surface area (TPSA) is 65.6 Å². The lowest BCUT2D eigenvalue weighted by molar-refractivity contribution is 0.0942. The quantitative estimate of drug-likeness (QED) is 0.724. The van der Waals surface area contributed by atoms with Crippen molar-refractivity contribution in [2.45, 2.75) is 26.0 Å². The highest BCUT2D eigenvalue weighted by Crippen LogP contribution is 2.26. The molecule has 4 heteroatoms. The van der Waals surface area contributed by atoms with Crippen molar-refractivity contribution in [3.05, 3.63) is 35.6 Å². The Bertz CT molecular complexity index is 507. The molecule has 1 heterocycles. The third-order valence-corrected chi connectivity index (χ3v) is 3.00. The number of hydrogen-bond donors (Lipinski definition) is 3. The second kappa shape index (κ2) is 6.00. The van der Waals surface area contributed by atoms with E-state index in [9.17, 15) is 5.11 Å². The highest BCUT2D eigenvalue weighted by atomic mass is 16.3. The number of furan rings is 1. The molecule has 4 nitrogen and oxygen atoms in total. The number of aliphatic hydroxyl groups is 2. The molecule has 1 aromatic carbocycles. The van der Waals surface area contributed by atoms with E-state index in [1.807, 2.05) is 24.3 Å². The normalized spacial score (nSPS) is 13.1. The van der Waals surface area contributed by atoms with Gasteiger partial charge in [0.2, 0.25) is 0 Å². The molecular weight excluding hydrogens is 230 g/mol. The van der Waals surface area contributed by atoms with Crippen molar-refractivity contribution in [1.82, 2.24) is 5.32 Å². The Morgan fingerprint density at radius 1 is 1.33 bits per heavy atom. The van der Waals surface area contributed by atoms with Crippen LogP contribution in [-0.4, -0.2) is 29.5 Å². The lowest BCUT2D eigenvalue weighted by Gasteiger charge is -2.08. The maximum Gasteiger partial charge on any atom is 0.134 e.